The number of methoxy groups -OCH3 is 2. The maximum absolute atomic E-state index is 11.6. The summed E-state index contributed by atoms with van der Waals surface area (Å²) in [5.41, 5.74) is 1.25. The molecule has 0 aliphatic heterocycles. The van der Waals surface area contributed by atoms with Crippen LogP contribution in [-0.2, 0) is 9.47 Å². The van der Waals surface area contributed by atoms with Crippen molar-refractivity contribution < 1.29 is 19.1 Å². The van der Waals surface area contributed by atoms with Gasteiger partial charge in [-0.1, -0.05) is 0 Å². The predicted molar refractivity (Wildman–Crippen MR) is 75.1 cm³/mol. The molecule has 1 aromatic rings. The van der Waals surface area contributed by atoms with E-state index in [4.69, 9.17) is 0 Å². The number of rotatable bonds is 3. The lowest BCUT2D eigenvalue weighted by atomic mass is 10.1. The third-order valence-corrected chi connectivity index (χ3v) is 3.22. The normalized spacial score (nSPS) is 11.1. The molecule has 0 aromatic heterocycles. The molecule has 0 fully saturated rings. The SMILES string of the molecule is C/N=C(\SC)c1cc(C(=O)OC)cc(C(=O)OC)c1. The summed E-state index contributed by atoms with van der Waals surface area (Å²) in [6.45, 7) is 0. The molecular formula is C13H15NO4S. The molecular weight excluding hydrogens is 266 g/mol. The summed E-state index contributed by atoms with van der Waals surface area (Å²) in [6.07, 6.45) is 1.87. The Morgan fingerprint density at radius 1 is 1.00 bits per heavy atom. The summed E-state index contributed by atoms with van der Waals surface area (Å²) in [7, 11) is 4.22. The van der Waals surface area contributed by atoms with Gasteiger partial charge in [0.15, 0.2) is 0 Å². The van der Waals surface area contributed by atoms with Crippen LogP contribution < -0.4 is 0 Å². The summed E-state index contributed by atoms with van der Waals surface area (Å²) in [5, 5.41) is 0.718. The summed E-state index contributed by atoms with van der Waals surface area (Å²) in [4.78, 5) is 27.3. The van der Waals surface area contributed by atoms with Gasteiger partial charge in [-0.05, 0) is 24.5 Å². The van der Waals surface area contributed by atoms with Gasteiger partial charge < -0.3 is 9.47 Å². The molecule has 0 unspecified atom stereocenters. The molecule has 1 rings (SSSR count). The van der Waals surface area contributed by atoms with E-state index in [1.165, 1.54) is 32.0 Å². The minimum atomic E-state index is -0.511. The number of hydrogen-bond acceptors (Lipinski definition) is 6. The Balaban J connectivity index is 3.39. The first-order valence-corrected chi connectivity index (χ1v) is 6.62. The molecule has 0 aliphatic rings. The highest BCUT2D eigenvalue weighted by Gasteiger charge is 2.15. The van der Waals surface area contributed by atoms with Crippen molar-refractivity contribution in [2.45, 2.75) is 0 Å². The second-order valence-corrected chi connectivity index (χ2v) is 4.31. The summed E-state index contributed by atoms with van der Waals surface area (Å²) in [6, 6.07) is 4.71. The number of nitrogens with zero attached hydrogens (tertiary/aromatic N) is 1. The summed E-state index contributed by atoms with van der Waals surface area (Å²) >= 11 is 1.42. The van der Waals surface area contributed by atoms with Crippen LogP contribution in [0, 0.1) is 0 Å². The fraction of sp³-hybridized carbons (Fsp3) is 0.308. The molecule has 19 heavy (non-hydrogen) atoms. The van der Waals surface area contributed by atoms with Gasteiger partial charge in [-0.15, -0.1) is 11.8 Å². The first-order chi connectivity index (χ1) is 9.07. The Kier molecular flexibility index (Phi) is 5.57. The quantitative estimate of drug-likeness (QED) is 0.481. The second-order valence-electron chi connectivity index (χ2n) is 3.52. The largest absolute Gasteiger partial charge is 0.465 e. The highest BCUT2D eigenvalue weighted by molar-refractivity contribution is 8.13. The number of esters is 2. The second kappa shape index (κ2) is 6.94. The van der Waals surface area contributed by atoms with Crippen LogP contribution in [0.3, 0.4) is 0 Å². The van der Waals surface area contributed by atoms with E-state index in [1.54, 1.807) is 19.2 Å². The Labute approximate surface area is 116 Å². The molecule has 102 valence electrons. The zero-order chi connectivity index (χ0) is 14.4. The van der Waals surface area contributed by atoms with Gasteiger partial charge in [0.05, 0.1) is 30.4 Å². The maximum Gasteiger partial charge on any atom is 0.337 e. The number of hydrogen-bond donors (Lipinski definition) is 0. The van der Waals surface area contributed by atoms with E-state index in [9.17, 15) is 9.59 Å². The molecule has 0 amide bonds. The van der Waals surface area contributed by atoms with Crippen LogP contribution in [0.1, 0.15) is 26.3 Å². The summed E-state index contributed by atoms with van der Waals surface area (Å²) in [5.74, 6) is -1.02. The number of carbonyl (C=O) groups excluding carboxylic acids is 2. The van der Waals surface area contributed by atoms with Crippen molar-refractivity contribution in [2.75, 3.05) is 27.5 Å². The molecule has 0 bridgehead atoms. The molecule has 0 N–H and O–H groups in total. The van der Waals surface area contributed by atoms with E-state index < -0.39 is 11.9 Å². The van der Waals surface area contributed by atoms with Gasteiger partial charge in [0.1, 0.15) is 0 Å². The third kappa shape index (κ3) is 3.57. The van der Waals surface area contributed by atoms with Gasteiger partial charge in [0, 0.05) is 12.6 Å². The molecule has 0 saturated carbocycles. The van der Waals surface area contributed by atoms with Gasteiger partial charge in [-0.25, -0.2) is 9.59 Å². The third-order valence-electron chi connectivity index (χ3n) is 2.42. The fourth-order valence-corrected chi connectivity index (χ4v) is 2.10. The molecule has 0 heterocycles. The van der Waals surface area contributed by atoms with E-state index in [0.29, 0.717) is 5.56 Å². The van der Waals surface area contributed by atoms with Crippen molar-refractivity contribution >= 4 is 28.7 Å². The minimum Gasteiger partial charge on any atom is -0.465 e. The lowest BCUT2D eigenvalue weighted by Crippen LogP contribution is -2.09. The lowest BCUT2D eigenvalue weighted by Gasteiger charge is -2.08. The Morgan fingerprint density at radius 3 is 1.74 bits per heavy atom. The van der Waals surface area contributed by atoms with Crippen LogP contribution in [0.25, 0.3) is 0 Å². The van der Waals surface area contributed by atoms with Crippen molar-refractivity contribution in [1.82, 2.24) is 0 Å². The molecule has 0 aliphatic carbocycles. The number of benzene rings is 1. The maximum atomic E-state index is 11.6. The van der Waals surface area contributed by atoms with Crippen LogP contribution in [0.5, 0.6) is 0 Å². The van der Waals surface area contributed by atoms with Crippen LogP contribution in [0.15, 0.2) is 23.2 Å². The van der Waals surface area contributed by atoms with Gasteiger partial charge >= 0.3 is 11.9 Å². The number of aliphatic imine (C=N–C) groups is 1. The van der Waals surface area contributed by atoms with Crippen molar-refractivity contribution in [2.24, 2.45) is 4.99 Å². The topological polar surface area (TPSA) is 65.0 Å². The van der Waals surface area contributed by atoms with Gasteiger partial charge in [0.2, 0.25) is 0 Å². The zero-order valence-electron chi connectivity index (χ0n) is 11.2. The highest BCUT2D eigenvalue weighted by Crippen LogP contribution is 2.17. The standard InChI is InChI=1S/C13H15NO4S/c1-14-11(19-4)8-5-9(12(15)17-2)7-10(6-8)13(16)18-3/h5-7H,1-4H3/b14-11-. The summed E-state index contributed by atoms with van der Waals surface area (Å²) < 4.78 is 9.34. The lowest BCUT2D eigenvalue weighted by molar-refractivity contribution is 0.0599. The molecule has 0 spiro atoms. The van der Waals surface area contributed by atoms with E-state index >= 15 is 0 Å². The van der Waals surface area contributed by atoms with Crippen LogP contribution in [0.2, 0.25) is 0 Å². The molecule has 0 saturated heterocycles. The Hall–Kier alpha value is -1.82. The number of ether oxygens (including phenoxy) is 2. The smallest absolute Gasteiger partial charge is 0.337 e. The Bertz CT molecular complexity index is 491. The average molecular weight is 281 g/mol. The number of carbonyl (C=O) groups is 2. The van der Waals surface area contributed by atoms with E-state index in [-0.39, 0.29) is 11.1 Å². The average Bonchev–Trinajstić information content (AvgIpc) is 2.46. The minimum absolute atomic E-state index is 0.288. The zero-order valence-corrected chi connectivity index (χ0v) is 12.0. The van der Waals surface area contributed by atoms with Crippen LogP contribution in [-0.4, -0.2) is 44.5 Å². The van der Waals surface area contributed by atoms with Crippen LogP contribution in [0.4, 0.5) is 0 Å². The van der Waals surface area contributed by atoms with Gasteiger partial charge in [0.25, 0.3) is 0 Å². The van der Waals surface area contributed by atoms with E-state index in [1.807, 2.05) is 6.26 Å². The van der Waals surface area contributed by atoms with E-state index in [0.717, 1.165) is 5.04 Å². The molecule has 0 atom stereocenters. The van der Waals surface area contributed by atoms with Crippen LogP contribution >= 0.6 is 11.8 Å². The van der Waals surface area contributed by atoms with Gasteiger partial charge in [-0.3, -0.25) is 4.99 Å². The van der Waals surface area contributed by atoms with Crippen molar-refractivity contribution in [1.29, 1.82) is 0 Å². The number of thioether (sulfide) groups is 1. The van der Waals surface area contributed by atoms with E-state index in [2.05, 4.69) is 14.5 Å². The molecule has 0 radical (unpaired) electrons. The van der Waals surface area contributed by atoms with Crippen molar-refractivity contribution in [3.05, 3.63) is 34.9 Å². The molecule has 1 aromatic carbocycles. The first kappa shape index (κ1) is 15.2. The van der Waals surface area contributed by atoms with Crippen molar-refractivity contribution in [3.8, 4) is 0 Å². The predicted octanol–water partition coefficient (Wildman–Crippen LogP) is 2.00. The Morgan fingerprint density at radius 2 is 1.42 bits per heavy atom. The molecule has 5 nitrogen and oxygen atoms in total. The van der Waals surface area contributed by atoms with Gasteiger partial charge in [-0.2, -0.15) is 0 Å². The molecule has 6 heteroatoms. The van der Waals surface area contributed by atoms with Crippen molar-refractivity contribution in [3.63, 3.8) is 0 Å². The fourth-order valence-electron chi connectivity index (χ4n) is 1.56. The first-order valence-electron chi connectivity index (χ1n) is 5.40. The monoisotopic (exact) mass is 281 g/mol. The highest BCUT2D eigenvalue weighted by atomic mass is 32.2.